The van der Waals surface area contributed by atoms with E-state index in [0.717, 1.165) is 104 Å². The maximum atomic E-state index is 14.2. The molecule has 1 aliphatic carbocycles. The Hall–Kier alpha value is -11.9. The quantitative estimate of drug-likeness (QED) is 0.0239. The van der Waals surface area contributed by atoms with Gasteiger partial charge in [0, 0.05) is 145 Å². The monoisotopic (exact) mass is 1500 g/mol. The highest BCUT2D eigenvalue weighted by Gasteiger charge is 2.22. The van der Waals surface area contributed by atoms with Crippen LogP contribution in [0.3, 0.4) is 0 Å². The van der Waals surface area contributed by atoms with E-state index in [1.54, 1.807) is 101 Å². The minimum Gasteiger partial charge on any atom is -0.619 e. The molecule has 15 aromatic rings. The predicted molar refractivity (Wildman–Crippen MR) is 387 cm³/mol. The van der Waals surface area contributed by atoms with Crippen LogP contribution in [0.15, 0.2) is 234 Å². The van der Waals surface area contributed by atoms with Crippen molar-refractivity contribution in [1.82, 2.24) is 58.4 Å². The van der Waals surface area contributed by atoms with Gasteiger partial charge in [-0.1, -0.05) is 75.6 Å². The number of furan rings is 1. The maximum Gasteiger partial charge on any atom is 0.227 e. The standard InChI is InChI=1S/C20H26N5O.C20H20N5O.C18H14BrFN5O.C16H12BrN5O2/c2*1-2-16-13-22-25-19(21-12-15-7-6-10-24(26)14-15)11-18(23-20(16)25)17-8-4-3-5-9-17;19-14-10-22-25-17(21-9-12-4-3-7-24(26)11-12)8-16(23-18(14)25)13-5-1-2-6-15(13)20;17-12-9-19-22-15(18-8-11-3-1-5-21(23)10-11)7-13(20-16(12)22)14-4-2-6-24-14/h6-7,10-11,13-14,17,21,26H,2-5,8-9,12H2,1H3;3-11,13-14,21,26H,2,12H2,1H3;1-8,10-11,21,26H,9H2;1-7,9-10,18H,8H2/q3*+1;. The van der Waals surface area contributed by atoms with Gasteiger partial charge in [-0.2, -0.15) is 43.2 Å². The summed E-state index contributed by atoms with van der Waals surface area (Å²) in [5.74, 6) is 4.11. The van der Waals surface area contributed by atoms with E-state index in [1.165, 1.54) is 68.0 Å². The molecule has 0 unspecified atom stereocenters. The van der Waals surface area contributed by atoms with Crippen molar-refractivity contribution in [2.75, 3.05) is 21.3 Å². The Balaban J connectivity index is 0.000000121. The van der Waals surface area contributed by atoms with Crippen molar-refractivity contribution < 1.29 is 43.4 Å². The van der Waals surface area contributed by atoms with E-state index in [1.807, 2.05) is 94.2 Å². The van der Waals surface area contributed by atoms with Gasteiger partial charge in [-0.3, -0.25) is 15.6 Å². The van der Waals surface area contributed by atoms with Gasteiger partial charge in [0.25, 0.3) is 0 Å². The average Bonchev–Trinajstić information content (AvgIpc) is 1.61. The molecule has 28 heteroatoms. The first kappa shape index (κ1) is 68.6. The molecule has 0 aliphatic heterocycles. The summed E-state index contributed by atoms with van der Waals surface area (Å²) in [6.45, 7) is 6.36. The number of halogens is 3. The van der Waals surface area contributed by atoms with Crippen molar-refractivity contribution in [3.63, 3.8) is 0 Å². The van der Waals surface area contributed by atoms with Gasteiger partial charge in [0.05, 0.1) is 51.4 Å². The van der Waals surface area contributed by atoms with Crippen LogP contribution in [-0.2, 0) is 39.0 Å². The lowest BCUT2D eigenvalue weighted by Crippen LogP contribution is -2.29. The molecule has 13 heterocycles. The summed E-state index contributed by atoms with van der Waals surface area (Å²) >= 11 is 6.88. The van der Waals surface area contributed by atoms with Crippen molar-refractivity contribution in [3.05, 3.63) is 279 Å². The fraction of sp³-hybridized carbons (Fsp3) is 0.189. The number of benzene rings is 2. The number of nitrogens with zero attached hydrogens (tertiary/aromatic N) is 16. The third-order valence-corrected chi connectivity index (χ3v) is 18.1. The number of anilines is 4. The van der Waals surface area contributed by atoms with Crippen LogP contribution in [0.1, 0.15) is 90.9 Å². The molecule has 0 amide bonds. The van der Waals surface area contributed by atoms with E-state index >= 15 is 0 Å². The molecule has 13 aromatic heterocycles. The molecule has 0 spiro atoms. The Morgan fingerprint density at radius 3 is 1.45 bits per heavy atom. The SMILES string of the molecule is CCc1cnn2c(NCc3ccc[n+](O)c3)cc(-c3ccccc3)nc12.CCc1cnn2c(NCc3ccc[n+](O)c3)cc(C3CCCCC3)nc12.O[n+]1cccc(CNc2cc(-c3ccccc3F)nc3c(Br)cnn23)c1.[O-][n+]1cccc(CNc2cc(-c3ccco3)nc3c(Br)cnn23)c1. The fourth-order valence-electron chi connectivity index (χ4n) is 11.9. The number of pyridine rings is 4. The number of aromatic nitrogens is 16. The lowest BCUT2D eigenvalue weighted by atomic mass is 9.87. The van der Waals surface area contributed by atoms with Gasteiger partial charge < -0.3 is 30.9 Å². The Kier molecular flexibility index (Phi) is 21.5. The van der Waals surface area contributed by atoms with Gasteiger partial charge >= 0.3 is 0 Å². The summed E-state index contributed by atoms with van der Waals surface area (Å²) in [4.78, 5) is 18.9. The minimum absolute atomic E-state index is 0.338. The first-order valence-electron chi connectivity index (χ1n) is 33.2. The molecule has 1 saturated carbocycles. The summed E-state index contributed by atoms with van der Waals surface area (Å²) in [5, 5.41) is 71.2. The Labute approximate surface area is 601 Å². The number of hydrogen-bond donors (Lipinski definition) is 7. The van der Waals surface area contributed by atoms with E-state index in [2.05, 4.69) is 116 Å². The van der Waals surface area contributed by atoms with Gasteiger partial charge in [0.1, 0.15) is 34.8 Å². The normalized spacial score (nSPS) is 12.1. The second kappa shape index (κ2) is 32.0. The molecule has 25 nitrogen and oxygen atoms in total. The van der Waals surface area contributed by atoms with Crippen LogP contribution in [0.25, 0.3) is 56.6 Å². The number of nitrogens with one attached hydrogen (secondary N) is 4. The Morgan fingerprint density at radius 1 is 0.490 bits per heavy atom. The van der Waals surface area contributed by atoms with Crippen molar-refractivity contribution in [2.45, 2.75) is 90.9 Å². The summed E-state index contributed by atoms with van der Waals surface area (Å²) in [6.07, 6.45) is 29.6. The van der Waals surface area contributed by atoms with Crippen molar-refractivity contribution in [3.8, 4) is 34.0 Å². The smallest absolute Gasteiger partial charge is 0.227 e. The Bertz CT molecular complexity index is 5310. The zero-order valence-corrected chi connectivity index (χ0v) is 58.8. The van der Waals surface area contributed by atoms with Crippen LogP contribution in [0, 0.1) is 11.0 Å². The molecule has 516 valence electrons. The molecule has 7 N–H and O–H groups in total. The highest BCUT2D eigenvalue weighted by Crippen LogP contribution is 2.35. The second-order valence-electron chi connectivity index (χ2n) is 24.0. The van der Waals surface area contributed by atoms with Gasteiger partial charge in [-0.05, 0) is 106 Å². The van der Waals surface area contributed by atoms with Crippen molar-refractivity contribution >= 4 is 77.7 Å². The molecule has 1 fully saturated rings. The van der Waals surface area contributed by atoms with Gasteiger partial charge in [-0.15, -0.1) is 0 Å². The largest absolute Gasteiger partial charge is 0.619 e. The van der Waals surface area contributed by atoms with Crippen molar-refractivity contribution in [2.24, 2.45) is 0 Å². The summed E-state index contributed by atoms with van der Waals surface area (Å²) in [5.41, 5.74) is 13.8. The topological polar surface area (TPSA) is 281 Å². The number of rotatable bonds is 18. The molecule has 2 aromatic carbocycles. The molecule has 16 rings (SSSR count). The maximum absolute atomic E-state index is 14.2. The van der Waals surface area contributed by atoms with Crippen LogP contribution in [0.4, 0.5) is 27.7 Å². The third kappa shape index (κ3) is 16.4. The van der Waals surface area contributed by atoms with Crippen LogP contribution in [-0.4, -0.2) is 74.0 Å². The third-order valence-electron chi connectivity index (χ3n) is 17.0. The second-order valence-corrected chi connectivity index (χ2v) is 25.7. The molecule has 102 heavy (non-hydrogen) atoms. The first-order valence-corrected chi connectivity index (χ1v) is 34.8. The minimum atomic E-state index is -0.338. The fourth-order valence-corrected chi connectivity index (χ4v) is 12.6. The van der Waals surface area contributed by atoms with E-state index in [9.17, 15) is 25.2 Å². The molecule has 0 bridgehead atoms. The van der Waals surface area contributed by atoms with Crippen molar-refractivity contribution in [1.29, 1.82) is 0 Å². The zero-order valence-electron chi connectivity index (χ0n) is 55.6. The molecule has 0 atom stereocenters. The number of aryl methyl sites for hydroxylation is 2. The molecule has 0 saturated heterocycles. The number of hydrogen-bond acceptors (Lipinski definition) is 17. The number of fused-ring (bicyclic) bond motifs is 4. The van der Waals surface area contributed by atoms with Crippen LogP contribution < -0.4 is 40.2 Å². The lowest BCUT2D eigenvalue weighted by molar-refractivity contribution is -0.905. The van der Waals surface area contributed by atoms with Gasteiger partial charge in [0.15, 0.2) is 40.7 Å². The van der Waals surface area contributed by atoms with Crippen LogP contribution in [0.2, 0.25) is 0 Å². The predicted octanol–water partition coefficient (Wildman–Crippen LogP) is 13.0. The zero-order chi connectivity index (χ0) is 70.5. The highest BCUT2D eigenvalue weighted by molar-refractivity contribution is 9.11. The van der Waals surface area contributed by atoms with E-state index < -0.39 is 0 Å². The van der Waals surface area contributed by atoms with Crippen LogP contribution in [0.5, 0.6) is 0 Å². The molecular formula is C74H72Br2FN20O5+3. The summed E-state index contributed by atoms with van der Waals surface area (Å²) in [7, 11) is 0. The van der Waals surface area contributed by atoms with E-state index in [-0.39, 0.29) is 5.82 Å². The van der Waals surface area contributed by atoms with Crippen LogP contribution >= 0.6 is 31.9 Å². The Morgan fingerprint density at radius 2 is 0.941 bits per heavy atom. The van der Waals surface area contributed by atoms with Gasteiger partial charge in [-0.25, -0.2) is 24.3 Å². The lowest BCUT2D eigenvalue weighted by Gasteiger charge is -2.22. The van der Waals surface area contributed by atoms with E-state index in [0.29, 0.717) is 76.4 Å². The summed E-state index contributed by atoms with van der Waals surface area (Å²) in [6, 6.07) is 42.9. The average molecular weight is 1500 g/mol. The van der Waals surface area contributed by atoms with Gasteiger partial charge in [0.2, 0.25) is 37.2 Å². The summed E-state index contributed by atoms with van der Waals surface area (Å²) < 4.78 is 32.1. The first-order chi connectivity index (χ1) is 49.8. The molecule has 1 aliphatic rings. The van der Waals surface area contributed by atoms with E-state index in [4.69, 9.17) is 14.4 Å². The highest BCUT2D eigenvalue weighted by atomic mass is 79.9. The molecule has 0 radical (unpaired) electrons. The molecular weight excluding hydrogens is 1430 g/mol.